The van der Waals surface area contributed by atoms with Crippen LogP contribution in [-0.4, -0.2) is 90.6 Å². The Balaban J connectivity index is 0.000000180. The first kappa shape index (κ1) is 41.7. The van der Waals surface area contributed by atoms with Crippen molar-refractivity contribution in [3.05, 3.63) is 93.5 Å². The standard InChI is InChI=1S/C24H29NO6.C23H27NO4/c1-25-10-9-16-11-21-23(31-14-30-21)24(29-4)22(16)19(25)12-17(26)7-5-15-6-8-18(27-2)13-20(15)28-3;1-15-6-4-5-7-16(15)8-9-18(25)13-19-21-17(10-11-24(19)2)12-20-22(23(21)26-3)28-14-27-20/h6,8,11,13,19H,5,7,9-10,12,14H2,1-4H3;4-7,12,19H,8-11,13-14H2,1-3H3. The van der Waals surface area contributed by atoms with E-state index in [2.05, 4.69) is 49.0 Å². The highest BCUT2D eigenvalue weighted by atomic mass is 16.7. The number of rotatable bonds is 14. The number of nitrogens with zero attached hydrogens (tertiary/aromatic N) is 2. The molecule has 0 fully saturated rings. The summed E-state index contributed by atoms with van der Waals surface area (Å²) in [5.74, 6) is 6.10. The highest BCUT2D eigenvalue weighted by Crippen LogP contribution is 2.51. The molecular weight excluding hydrogens is 753 g/mol. The molecule has 0 radical (unpaired) electrons. The molecule has 0 spiro atoms. The van der Waals surface area contributed by atoms with Crippen LogP contribution in [-0.2, 0) is 35.3 Å². The van der Waals surface area contributed by atoms with E-state index >= 15 is 0 Å². The first-order valence-corrected chi connectivity index (χ1v) is 20.3. The van der Waals surface area contributed by atoms with Crippen LogP contribution in [0.1, 0.15) is 76.7 Å². The average Bonchev–Trinajstić information content (AvgIpc) is 3.93. The fraction of sp³-hybridized carbons (Fsp3) is 0.447. The number of hydrogen-bond donors (Lipinski definition) is 0. The Morgan fingerprint density at radius 1 is 0.644 bits per heavy atom. The molecule has 0 aromatic heterocycles. The molecule has 4 aliphatic heterocycles. The molecule has 2 unspecified atom stereocenters. The van der Waals surface area contributed by atoms with E-state index in [9.17, 15) is 9.59 Å². The molecule has 8 rings (SSSR count). The lowest BCUT2D eigenvalue weighted by Gasteiger charge is -2.35. The predicted octanol–water partition coefficient (Wildman–Crippen LogP) is 7.42. The number of ether oxygens (including phenoxy) is 8. The minimum Gasteiger partial charge on any atom is -0.497 e. The number of ketones is 2. The maximum atomic E-state index is 13.0. The van der Waals surface area contributed by atoms with E-state index in [0.29, 0.717) is 55.1 Å². The third-order valence-electron chi connectivity index (χ3n) is 12.0. The second-order valence-electron chi connectivity index (χ2n) is 15.5. The van der Waals surface area contributed by atoms with Gasteiger partial charge in [0.1, 0.15) is 23.1 Å². The maximum absolute atomic E-state index is 13.0. The van der Waals surface area contributed by atoms with Gasteiger partial charge in [0.2, 0.25) is 25.1 Å². The molecule has 0 N–H and O–H groups in total. The highest BCUT2D eigenvalue weighted by molar-refractivity contribution is 5.81. The van der Waals surface area contributed by atoms with Crippen molar-refractivity contribution in [1.82, 2.24) is 9.80 Å². The number of likely N-dealkylation sites (N-methyl/N-ethyl adjacent to an activating group) is 2. The van der Waals surface area contributed by atoms with Crippen molar-refractivity contribution in [1.29, 1.82) is 0 Å². The Labute approximate surface area is 347 Å². The second kappa shape index (κ2) is 18.6. The molecule has 12 heteroatoms. The van der Waals surface area contributed by atoms with Crippen LogP contribution in [0, 0.1) is 6.92 Å². The number of hydrogen-bond acceptors (Lipinski definition) is 12. The van der Waals surface area contributed by atoms with E-state index in [0.717, 1.165) is 77.6 Å². The summed E-state index contributed by atoms with van der Waals surface area (Å²) >= 11 is 0. The average molecular weight is 809 g/mol. The molecule has 4 heterocycles. The number of benzene rings is 4. The van der Waals surface area contributed by atoms with Crippen LogP contribution in [0.4, 0.5) is 0 Å². The van der Waals surface area contributed by atoms with Crippen molar-refractivity contribution in [3.8, 4) is 46.0 Å². The van der Waals surface area contributed by atoms with Gasteiger partial charge in [-0.15, -0.1) is 0 Å². The molecule has 0 amide bonds. The smallest absolute Gasteiger partial charge is 0.231 e. The number of carbonyl (C=O) groups is 2. The molecule has 4 aromatic carbocycles. The normalized spacial score (nSPS) is 17.6. The zero-order valence-corrected chi connectivity index (χ0v) is 35.3. The topological polar surface area (TPSA) is 114 Å². The van der Waals surface area contributed by atoms with Crippen LogP contribution >= 0.6 is 0 Å². The summed E-state index contributed by atoms with van der Waals surface area (Å²) < 4.78 is 44.6. The third kappa shape index (κ3) is 8.94. The van der Waals surface area contributed by atoms with Gasteiger partial charge in [0.05, 0.1) is 28.4 Å². The Morgan fingerprint density at radius 3 is 1.66 bits per heavy atom. The Hall–Kier alpha value is -5.46. The predicted molar refractivity (Wildman–Crippen MR) is 223 cm³/mol. The lowest BCUT2D eigenvalue weighted by atomic mass is 9.87. The van der Waals surface area contributed by atoms with Gasteiger partial charge in [-0.2, -0.15) is 0 Å². The number of fused-ring (bicyclic) bond motifs is 4. The molecule has 0 bridgehead atoms. The third-order valence-corrected chi connectivity index (χ3v) is 12.0. The first-order valence-electron chi connectivity index (χ1n) is 20.3. The molecule has 0 saturated heterocycles. The Morgan fingerprint density at radius 2 is 1.17 bits per heavy atom. The van der Waals surface area contributed by atoms with Crippen molar-refractivity contribution < 1.29 is 47.5 Å². The fourth-order valence-corrected chi connectivity index (χ4v) is 8.70. The van der Waals surface area contributed by atoms with Crippen LogP contribution in [0.2, 0.25) is 0 Å². The van der Waals surface area contributed by atoms with Gasteiger partial charge >= 0.3 is 0 Å². The summed E-state index contributed by atoms with van der Waals surface area (Å²) in [5, 5.41) is 0. The molecule has 59 heavy (non-hydrogen) atoms. The van der Waals surface area contributed by atoms with Crippen molar-refractivity contribution >= 4 is 11.6 Å². The van der Waals surface area contributed by atoms with Gasteiger partial charge in [-0.1, -0.05) is 30.3 Å². The van der Waals surface area contributed by atoms with E-state index in [-0.39, 0.29) is 37.2 Å². The van der Waals surface area contributed by atoms with E-state index in [4.69, 9.17) is 37.9 Å². The van der Waals surface area contributed by atoms with Gasteiger partial charge in [0.25, 0.3) is 0 Å². The zero-order valence-electron chi connectivity index (χ0n) is 35.3. The SMILES string of the molecule is COc1c2c(cc3c1C(CC(=O)CCc1ccccc1C)N(C)CC3)OCO2.COc1ccc(CCC(=O)CC2c3c(cc4c(c3OC)OCO4)CCN2C)c(OC)c1. The van der Waals surface area contributed by atoms with Gasteiger partial charge in [-0.25, -0.2) is 0 Å². The lowest BCUT2D eigenvalue weighted by Crippen LogP contribution is -2.34. The van der Waals surface area contributed by atoms with Crippen LogP contribution in [0.3, 0.4) is 0 Å². The van der Waals surface area contributed by atoms with Crippen molar-refractivity contribution in [3.63, 3.8) is 0 Å². The Bertz CT molecular complexity index is 2170. The van der Waals surface area contributed by atoms with Gasteiger partial charge in [-0.05, 0) is 92.7 Å². The summed E-state index contributed by atoms with van der Waals surface area (Å²) in [7, 11) is 10.7. The monoisotopic (exact) mass is 808 g/mol. The molecule has 4 aromatic rings. The number of aryl methyl sites for hydroxylation is 3. The van der Waals surface area contributed by atoms with Gasteiger partial charge in [0.15, 0.2) is 23.0 Å². The number of Topliss-reactive ketones (excluding diaryl/α,β-unsaturated/α-hetero) is 2. The lowest BCUT2D eigenvalue weighted by molar-refractivity contribution is -0.121. The molecule has 314 valence electrons. The molecule has 0 aliphatic carbocycles. The second-order valence-corrected chi connectivity index (χ2v) is 15.5. The van der Waals surface area contributed by atoms with Crippen molar-refractivity contribution in [2.75, 3.05) is 69.2 Å². The minimum absolute atomic E-state index is 0.00225. The summed E-state index contributed by atoms with van der Waals surface area (Å²) in [6, 6.07) is 18.0. The van der Waals surface area contributed by atoms with Crippen molar-refractivity contribution in [2.24, 2.45) is 0 Å². The largest absolute Gasteiger partial charge is 0.497 e. The van der Waals surface area contributed by atoms with E-state index in [1.54, 1.807) is 28.4 Å². The van der Waals surface area contributed by atoms with E-state index in [1.165, 1.54) is 16.7 Å². The van der Waals surface area contributed by atoms with E-state index in [1.807, 2.05) is 36.4 Å². The first-order chi connectivity index (χ1) is 28.6. The molecule has 4 aliphatic rings. The van der Waals surface area contributed by atoms with Gasteiger partial charge < -0.3 is 37.9 Å². The molecule has 2 atom stereocenters. The summed E-state index contributed by atoms with van der Waals surface area (Å²) in [6.45, 7) is 4.28. The van der Waals surface area contributed by atoms with Gasteiger partial charge in [0, 0.05) is 68.0 Å². The number of carbonyl (C=O) groups excluding carboxylic acids is 2. The fourth-order valence-electron chi connectivity index (χ4n) is 8.70. The van der Waals surface area contributed by atoms with Crippen LogP contribution in [0.15, 0.2) is 54.6 Å². The molecule has 12 nitrogen and oxygen atoms in total. The molecular formula is C47H56N2O10. The summed E-state index contributed by atoms with van der Waals surface area (Å²) in [6.07, 6.45) is 5.08. The highest BCUT2D eigenvalue weighted by Gasteiger charge is 2.36. The van der Waals surface area contributed by atoms with Gasteiger partial charge in [-0.3, -0.25) is 19.4 Å². The summed E-state index contributed by atoms with van der Waals surface area (Å²) in [5.41, 5.74) is 7.94. The molecule has 0 saturated carbocycles. The van der Waals surface area contributed by atoms with E-state index < -0.39 is 0 Å². The van der Waals surface area contributed by atoms with Crippen LogP contribution in [0.5, 0.6) is 46.0 Å². The Kier molecular flexibility index (Phi) is 13.2. The summed E-state index contributed by atoms with van der Waals surface area (Å²) in [4.78, 5) is 30.3. The minimum atomic E-state index is -0.0570. The van der Waals surface area contributed by atoms with Crippen LogP contribution < -0.4 is 37.9 Å². The quantitative estimate of drug-likeness (QED) is 0.126. The van der Waals surface area contributed by atoms with Crippen molar-refractivity contribution in [2.45, 2.75) is 70.4 Å². The zero-order chi connectivity index (χ0) is 41.6. The number of methoxy groups -OCH3 is 4. The van der Waals surface area contributed by atoms with Crippen LogP contribution in [0.25, 0.3) is 0 Å². The maximum Gasteiger partial charge on any atom is 0.231 e.